The van der Waals surface area contributed by atoms with Gasteiger partial charge in [0, 0.05) is 11.5 Å². The van der Waals surface area contributed by atoms with Crippen molar-refractivity contribution in [2.75, 3.05) is 11.5 Å². The Labute approximate surface area is 160 Å². The number of unbranched alkanes of at least 4 members (excludes halogenated alkanes) is 1. The van der Waals surface area contributed by atoms with Crippen LogP contribution in [0.4, 0.5) is 0 Å². The Morgan fingerprint density at radius 2 is 1.29 bits per heavy atom. The summed E-state index contributed by atoms with van der Waals surface area (Å²) in [4.78, 5) is 0. The zero-order valence-electron chi connectivity index (χ0n) is 11.4. The molecule has 0 unspecified atom stereocenters. The van der Waals surface area contributed by atoms with Crippen LogP contribution in [0.1, 0.15) is 26.2 Å². The van der Waals surface area contributed by atoms with Gasteiger partial charge in [0.2, 0.25) is 0 Å². The lowest BCUT2D eigenvalue weighted by Crippen LogP contribution is -1.91. The van der Waals surface area contributed by atoms with Gasteiger partial charge in [-0.1, -0.05) is 66.8 Å². The third-order valence-electron chi connectivity index (χ3n) is 3.06. The summed E-state index contributed by atoms with van der Waals surface area (Å²) in [6.07, 6.45) is 4.04. The summed E-state index contributed by atoms with van der Waals surface area (Å²) in [7, 11) is 0. The van der Waals surface area contributed by atoms with Crippen LogP contribution in [-0.2, 0) is 0 Å². The molecule has 0 aromatic carbocycles. The molecule has 0 aliphatic carbocycles. The van der Waals surface area contributed by atoms with Gasteiger partial charge in [0.05, 0.1) is 30.0 Å². The van der Waals surface area contributed by atoms with Gasteiger partial charge in [-0.2, -0.15) is 0 Å². The van der Waals surface area contributed by atoms with E-state index in [2.05, 4.69) is 54.0 Å². The molecule has 0 aromatic heterocycles. The van der Waals surface area contributed by atoms with Gasteiger partial charge in [0.25, 0.3) is 0 Å². The summed E-state index contributed by atoms with van der Waals surface area (Å²) < 4.78 is 10.2. The minimum Gasteiger partial charge on any atom is -0.116 e. The molecule has 4 rings (SSSR count). The Morgan fingerprint density at radius 3 is 1.81 bits per heavy atom. The minimum absolute atomic E-state index is 0.780. The average Bonchev–Trinajstić information content (AvgIpc) is 3.16. The molecule has 0 N–H and O–H groups in total. The third kappa shape index (κ3) is 3.67. The van der Waals surface area contributed by atoms with Gasteiger partial charge in [-0.15, -0.1) is 47.0 Å². The normalized spacial score (nSPS) is 26.1. The standard InChI is InChI=1S/C13H14S8/c1-2-3-4-7-16-10-11(17-7)21-13(20-10)12-18-8-9(19-12)15-6-5-14-8/h7H,2-6H2,1H3. The molecule has 21 heavy (non-hydrogen) atoms. The molecule has 0 saturated carbocycles. The summed E-state index contributed by atoms with van der Waals surface area (Å²) >= 11 is 16.5. The minimum atomic E-state index is 0.780. The van der Waals surface area contributed by atoms with Gasteiger partial charge in [-0.3, -0.25) is 0 Å². The molecular weight excluding hydrogens is 413 g/mol. The van der Waals surface area contributed by atoms with Gasteiger partial charge >= 0.3 is 0 Å². The summed E-state index contributed by atoms with van der Waals surface area (Å²) in [5.74, 6) is 2.55. The second kappa shape index (κ2) is 7.50. The highest BCUT2D eigenvalue weighted by Crippen LogP contribution is 2.70. The predicted molar refractivity (Wildman–Crippen MR) is 115 cm³/mol. The summed E-state index contributed by atoms with van der Waals surface area (Å²) in [6.45, 7) is 2.29. The molecule has 0 aromatic rings. The molecule has 0 amide bonds. The van der Waals surface area contributed by atoms with Gasteiger partial charge in [-0.25, -0.2) is 0 Å². The smallest absolute Gasteiger partial charge is 0.0717 e. The predicted octanol–water partition coefficient (Wildman–Crippen LogP) is 7.80. The van der Waals surface area contributed by atoms with E-state index in [1.54, 1.807) is 21.2 Å². The lowest BCUT2D eigenvalue weighted by molar-refractivity contribution is 0.765. The molecule has 0 bridgehead atoms. The van der Waals surface area contributed by atoms with E-state index < -0.39 is 0 Å². The fourth-order valence-corrected chi connectivity index (χ4v) is 15.3. The quantitative estimate of drug-likeness (QED) is 0.442. The highest BCUT2D eigenvalue weighted by molar-refractivity contribution is 8.48. The van der Waals surface area contributed by atoms with Crippen molar-refractivity contribution in [3.8, 4) is 0 Å². The topological polar surface area (TPSA) is 0 Å². The van der Waals surface area contributed by atoms with Crippen LogP contribution in [0.25, 0.3) is 0 Å². The van der Waals surface area contributed by atoms with Crippen molar-refractivity contribution in [3.05, 3.63) is 25.4 Å². The Bertz CT molecular complexity index is 506. The zero-order valence-corrected chi connectivity index (χ0v) is 17.9. The van der Waals surface area contributed by atoms with Crippen LogP contribution in [0.3, 0.4) is 0 Å². The van der Waals surface area contributed by atoms with Crippen molar-refractivity contribution in [1.29, 1.82) is 0 Å². The van der Waals surface area contributed by atoms with Gasteiger partial charge in [-0.05, 0) is 6.42 Å². The maximum Gasteiger partial charge on any atom is 0.0717 e. The Kier molecular flexibility index (Phi) is 5.89. The van der Waals surface area contributed by atoms with E-state index in [1.807, 2.05) is 47.0 Å². The Hall–Kier alpha value is 2.02. The van der Waals surface area contributed by atoms with Crippen molar-refractivity contribution in [1.82, 2.24) is 0 Å². The molecule has 4 aliphatic rings. The van der Waals surface area contributed by atoms with E-state index in [4.69, 9.17) is 0 Å². The first-order valence-electron chi connectivity index (χ1n) is 6.86. The maximum absolute atomic E-state index is 2.29. The van der Waals surface area contributed by atoms with Crippen LogP contribution in [-0.4, -0.2) is 16.1 Å². The second-order valence-electron chi connectivity index (χ2n) is 4.64. The summed E-state index contributed by atoms with van der Waals surface area (Å²) in [5, 5.41) is 0. The highest BCUT2D eigenvalue weighted by Gasteiger charge is 2.36. The van der Waals surface area contributed by atoms with Crippen LogP contribution in [0.2, 0.25) is 0 Å². The molecule has 0 saturated heterocycles. The SMILES string of the molecule is CCCCC1SC2=C(SC(=C3SC4=C(SCCS4)S3)S2)S1. The third-order valence-corrected chi connectivity index (χ3v) is 15.4. The molecular formula is C13H14S8. The van der Waals surface area contributed by atoms with Gasteiger partial charge in [0.15, 0.2) is 0 Å². The average molecular weight is 427 g/mol. The van der Waals surface area contributed by atoms with E-state index in [-0.39, 0.29) is 0 Å². The number of hydrogen-bond acceptors (Lipinski definition) is 8. The molecule has 0 radical (unpaired) electrons. The van der Waals surface area contributed by atoms with Crippen molar-refractivity contribution < 1.29 is 0 Å². The Balaban J connectivity index is 1.38. The van der Waals surface area contributed by atoms with Crippen molar-refractivity contribution in [3.63, 3.8) is 0 Å². The lowest BCUT2D eigenvalue weighted by Gasteiger charge is -2.10. The monoisotopic (exact) mass is 426 g/mol. The molecule has 114 valence electrons. The summed E-state index contributed by atoms with van der Waals surface area (Å²) in [5.41, 5.74) is 0. The largest absolute Gasteiger partial charge is 0.116 e. The molecule has 4 heterocycles. The van der Waals surface area contributed by atoms with Crippen LogP contribution in [0.15, 0.2) is 25.4 Å². The van der Waals surface area contributed by atoms with E-state index in [0.717, 1.165) is 4.58 Å². The maximum atomic E-state index is 2.29. The molecule has 0 fully saturated rings. The lowest BCUT2D eigenvalue weighted by atomic mass is 10.3. The molecule has 0 nitrogen and oxygen atoms in total. The number of thioether (sulfide) groups is 8. The van der Waals surface area contributed by atoms with Crippen LogP contribution >= 0.6 is 94.1 Å². The molecule has 4 aliphatic heterocycles. The van der Waals surface area contributed by atoms with E-state index in [1.165, 1.54) is 35.0 Å². The second-order valence-corrected chi connectivity index (χ2v) is 15.2. The Morgan fingerprint density at radius 1 is 0.762 bits per heavy atom. The van der Waals surface area contributed by atoms with Crippen LogP contribution < -0.4 is 0 Å². The van der Waals surface area contributed by atoms with Crippen molar-refractivity contribution in [2.45, 2.75) is 30.8 Å². The molecule has 8 heteroatoms. The fourth-order valence-electron chi connectivity index (χ4n) is 2.05. The number of hydrogen-bond donors (Lipinski definition) is 0. The van der Waals surface area contributed by atoms with Crippen molar-refractivity contribution >= 4 is 94.1 Å². The molecule has 0 atom stereocenters. The fraction of sp³-hybridized carbons (Fsp3) is 0.538. The van der Waals surface area contributed by atoms with Crippen LogP contribution in [0, 0.1) is 0 Å². The highest BCUT2D eigenvalue weighted by atomic mass is 32.3. The first-order chi connectivity index (χ1) is 10.3. The van der Waals surface area contributed by atoms with Crippen LogP contribution in [0.5, 0.6) is 0 Å². The first kappa shape index (κ1) is 16.5. The first-order valence-corrected chi connectivity index (χ1v) is 13.9. The summed E-state index contributed by atoms with van der Waals surface area (Å²) in [6, 6.07) is 0. The van der Waals surface area contributed by atoms with E-state index >= 15 is 0 Å². The van der Waals surface area contributed by atoms with E-state index in [9.17, 15) is 0 Å². The zero-order chi connectivity index (χ0) is 14.2. The van der Waals surface area contributed by atoms with Gasteiger partial charge in [0.1, 0.15) is 0 Å². The van der Waals surface area contributed by atoms with Crippen molar-refractivity contribution in [2.24, 2.45) is 0 Å². The van der Waals surface area contributed by atoms with E-state index in [0.29, 0.717) is 0 Å². The number of rotatable bonds is 3. The van der Waals surface area contributed by atoms with Gasteiger partial charge < -0.3 is 0 Å². The molecule has 0 spiro atoms.